The SMILES string of the molecule is CC(CC(=N)N)c1ccc(C(=O)c2ccccc2)s1.Cl. The van der Waals surface area contributed by atoms with Crippen LogP contribution in [0, 0.1) is 5.41 Å². The maximum atomic E-state index is 12.2. The van der Waals surface area contributed by atoms with Crippen LogP contribution in [0.5, 0.6) is 0 Å². The van der Waals surface area contributed by atoms with Gasteiger partial charge in [-0.1, -0.05) is 37.3 Å². The molecule has 20 heavy (non-hydrogen) atoms. The number of benzene rings is 1. The van der Waals surface area contributed by atoms with E-state index in [1.165, 1.54) is 11.3 Å². The zero-order valence-electron chi connectivity index (χ0n) is 11.1. The summed E-state index contributed by atoms with van der Waals surface area (Å²) in [5.74, 6) is 0.406. The fourth-order valence-corrected chi connectivity index (χ4v) is 2.92. The van der Waals surface area contributed by atoms with Crippen LogP contribution in [-0.4, -0.2) is 11.6 Å². The number of amidine groups is 1. The standard InChI is InChI=1S/C15H16N2OS.ClH/c1-10(9-14(16)17)12-7-8-13(19-12)15(18)11-5-3-2-4-6-11;/h2-8,10H,9H2,1H3,(H3,16,17);1H. The Hall–Kier alpha value is -1.65. The molecule has 2 aromatic rings. The molecule has 106 valence electrons. The summed E-state index contributed by atoms with van der Waals surface area (Å²) >= 11 is 1.48. The van der Waals surface area contributed by atoms with Crippen molar-refractivity contribution in [1.82, 2.24) is 0 Å². The van der Waals surface area contributed by atoms with Crippen molar-refractivity contribution >= 4 is 35.4 Å². The Bertz CT molecular complexity index is 595. The van der Waals surface area contributed by atoms with Crippen molar-refractivity contribution in [3.8, 4) is 0 Å². The predicted octanol–water partition coefficient (Wildman–Crippen LogP) is 3.83. The maximum Gasteiger partial charge on any atom is 0.202 e. The molecule has 0 amide bonds. The van der Waals surface area contributed by atoms with Gasteiger partial charge in [-0.3, -0.25) is 10.2 Å². The van der Waals surface area contributed by atoms with Crippen molar-refractivity contribution in [2.24, 2.45) is 5.73 Å². The Kier molecular flexibility index (Phi) is 5.92. The quantitative estimate of drug-likeness (QED) is 0.501. The largest absolute Gasteiger partial charge is 0.388 e. The highest BCUT2D eigenvalue weighted by Crippen LogP contribution is 2.28. The Balaban J connectivity index is 0.00000200. The highest BCUT2D eigenvalue weighted by Gasteiger charge is 2.15. The monoisotopic (exact) mass is 308 g/mol. The minimum Gasteiger partial charge on any atom is -0.388 e. The molecule has 3 N–H and O–H groups in total. The highest BCUT2D eigenvalue weighted by molar-refractivity contribution is 7.14. The van der Waals surface area contributed by atoms with E-state index in [0.29, 0.717) is 12.0 Å². The van der Waals surface area contributed by atoms with Gasteiger partial charge < -0.3 is 5.73 Å². The van der Waals surface area contributed by atoms with Gasteiger partial charge in [0, 0.05) is 16.9 Å². The number of halogens is 1. The third kappa shape index (κ3) is 3.92. The first-order valence-electron chi connectivity index (χ1n) is 6.10. The molecular formula is C15H17ClN2OS. The lowest BCUT2D eigenvalue weighted by molar-refractivity contribution is 0.104. The molecule has 3 nitrogen and oxygen atoms in total. The predicted molar refractivity (Wildman–Crippen MR) is 86.4 cm³/mol. The molecule has 0 bridgehead atoms. The van der Waals surface area contributed by atoms with Crippen LogP contribution in [0.3, 0.4) is 0 Å². The van der Waals surface area contributed by atoms with Crippen LogP contribution in [0.25, 0.3) is 0 Å². The summed E-state index contributed by atoms with van der Waals surface area (Å²) in [6.45, 7) is 2.02. The molecule has 0 spiro atoms. The van der Waals surface area contributed by atoms with Crippen LogP contribution >= 0.6 is 23.7 Å². The second-order valence-corrected chi connectivity index (χ2v) is 5.64. The van der Waals surface area contributed by atoms with Crippen molar-refractivity contribution in [3.63, 3.8) is 0 Å². The van der Waals surface area contributed by atoms with Crippen molar-refractivity contribution < 1.29 is 4.79 Å². The van der Waals surface area contributed by atoms with E-state index in [1.54, 1.807) is 0 Å². The van der Waals surface area contributed by atoms with Crippen LogP contribution in [0.1, 0.15) is 39.4 Å². The van der Waals surface area contributed by atoms with E-state index in [1.807, 2.05) is 49.4 Å². The van der Waals surface area contributed by atoms with Gasteiger partial charge in [-0.05, 0) is 18.1 Å². The molecule has 5 heteroatoms. The molecule has 0 aliphatic carbocycles. The lowest BCUT2D eigenvalue weighted by Crippen LogP contribution is -2.12. The lowest BCUT2D eigenvalue weighted by atomic mass is 10.1. The van der Waals surface area contributed by atoms with E-state index < -0.39 is 0 Å². The number of hydrogen-bond acceptors (Lipinski definition) is 3. The summed E-state index contributed by atoms with van der Waals surface area (Å²) in [6.07, 6.45) is 0.527. The normalized spacial score (nSPS) is 11.4. The van der Waals surface area contributed by atoms with Crippen molar-refractivity contribution in [1.29, 1.82) is 5.41 Å². The van der Waals surface area contributed by atoms with Gasteiger partial charge in [0.15, 0.2) is 0 Å². The molecular weight excluding hydrogens is 292 g/mol. The molecule has 1 unspecified atom stereocenters. The number of thiophene rings is 1. The van der Waals surface area contributed by atoms with Gasteiger partial charge in [-0.25, -0.2) is 0 Å². The van der Waals surface area contributed by atoms with E-state index in [-0.39, 0.29) is 29.9 Å². The molecule has 2 rings (SSSR count). The van der Waals surface area contributed by atoms with Gasteiger partial charge in [0.2, 0.25) is 5.78 Å². The van der Waals surface area contributed by atoms with Crippen LogP contribution in [0.15, 0.2) is 42.5 Å². The summed E-state index contributed by atoms with van der Waals surface area (Å²) in [6, 6.07) is 13.1. The van der Waals surface area contributed by atoms with Gasteiger partial charge in [0.05, 0.1) is 10.7 Å². The second kappa shape index (κ2) is 7.22. The van der Waals surface area contributed by atoms with Gasteiger partial charge >= 0.3 is 0 Å². The molecule has 1 heterocycles. The minimum absolute atomic E-state index is 0. The van der Waals surface area contributed by atoms with E-state index in [4.69, 9.17) is 11.1 Å². The smallest absolute Gasteiger partial charge is 0.202 e. The van der Waals surface area contributed by atoms with Gasteiger partial charge in [-0.2, -0.15) is 0 Å². The summed E-state index contributed by atoms with van der Waals surface area (Å²) in [5, 5.41) is 7.32. The third-order valence-corrected chi connectivity index (χ3v) is 4.21. The lowest BCUT2D eigenvalue weighted by Gasteiger charge is -2.06. The van der Waals surface area contributed by atoms with Crippen LogP contribution in [0.4, 0.5) is 0 Å². The zero-order valence-corrected chi connectivity index (χ0v) is 12.8. The molecule has 0 radical (unpaired) electrons. The number of hydrogen-bond donors (Lipinski definition) is 2. The number of nitrogens with two attached hydrogens (primary N) is 1. The number of carbonyl (C=O) groups is 1. The van der Waals surface area contributed by atoms with Crippen LogP contribution < -0.4 is 5.73 Å². The number of nitrogens with one attached hydrogen (secondary N) is 1. The summed E-state index contributed by atoms with van der Waals surface area (Å²) < 4.78 is 0. The second-order valence-electron chi connectivity index (χ2n) is 4.53. The van der Waals surface area contributed by atoms with Crippen LogP contribution in [0.2, 0.25) is 0 Å². The fraction of sp³-hybridized carbons (Fsp3) is 0.200. The van der Waals surface area contributed by atoms with Gasteiger partial charge in [-0.15, -0.1) is 23.7 Å². The van der Waals surface area contributed by atoms with E-state index in [9.17, 15) is 4.79 Å². The number of rotatable bonds is 5. The first-order valence-corrected chi connectivity index (χ1v) is 6.92. The first-order chi connectivity index (χ1) is 9.08. The molecule has 0 saturated carbocycles. The molecule has 1 atom stereocenters. The molecule has 0 saturated heterocycles. The van der Waals surface area contributed by atoms with E-state index >= 15 is 0 Å². The molecule has 0 aliphatic heterocycles. The van der Waals surface area contributed by atoms with E-state index in [0.717, 1.165) is 9.75 Å². The summed E-state index contributed by atoms with van der Waals surface area (Å²) in [4.78, 5) is 14.1. The third-order valence-electron chi connectivity index (χ3n) is 2.90. The number of carbonyl (C=O) groups excluding carboxylic acids is 1. The van der Waals surface area contributed by atoms with Crippen molar-refractivity contribution in [2.45, 2.75) is 19.3 Å². The maximum absolute atomic E-state index is 12.2. The first kappa shape index (κ1) is 16.4. The highest BCUT2D eigenvalue weighted by atomic mass is 35.5. The van der Waals surface area contributed by atoms with Gasteiger partial charge in [0.1, 0.15) is 0 Å². The average Bonchev–Trinajstić information content (AvgIpc) is 2.88. The summed E-state index contributed by atoms with van der Waals surface area (Å²) in [7, 11) is 0. The van der Waals surface area contributed by atoms with Crippen molar-refractivity contribution in [2.75, 3.05) is 0 Å². The van der Waals surface area contributed by atoms with Gasteiger partial charge in [0.25, 0.3) is 0 Å². The Labute approximate surface area is 128 Å². The number of ketones is 1. The molecule has 1 aromatic heterocycles. The van der Waals surface area contributed by atoms with Crippen LogP contribution in [-0.2, 0) is 0 Å². The summed E-state index contributed by atoms with van der Waals surface area (Å²) in [5.41, 5.74) is 6.11. The molecule has 1 aromatic carbocycles. The topological polar surface area (TPSA) is 66.9 Å². The Morgan fingerprint density at radius 3 is 2.50 bits per heavy atom. The van der Waals surface area contributed by atoms with Crippen molar-refractivity contribution in [3.05, 3.63) is 57.8 Å². The zero-order chi connectivity index (χ0) is 13.8. The molecule has 0 fully saturated rings. The molecule has 0 aliphatic rings. The fourth-order valence-electron chi connectivity index (χ4n) is 1.90. The Morgan fingerprint density at radius 2 is 1.90 bits per heavy atom. The van der Waals surface area contributed by atoms with E-state index in [2.05, 4.69) is 0 Å². The Morgan fingerprint density at radius 1 is 1.25 bits per heavy atom. The average molecular weight is 309 g/mol. The minimum atomic E-state index is 0.